The number of nitrogens with one attached hydrogen (secondary N) is 1. The number of rotatable bonds is 6. The van der Waals surface area contributed by atoms with Gasteiger partial charge in [0.25, 0.3) is 5.69 Å². The molecule has 0 fully saturated rings. The molecule has 0 aliphatic heterocycles. The second-order valence-corrected chi connectivity index (χ2v) is 4.34. The summed E-state index contributed by atoms with van der Waals surface area (Å²) in [6, 6.07) is 4.85. The molecule has 0 saturated carbocycles. The van der Waals surface area contributed by atoms with E-state index in [0.717, 1.165) is 18.9 Å². The summed E-state index contributed by atoms with van der Waals surface area (Å²) in [7, 11) is 0. The molecule has 0 radical (unpaired) electrons. The van der Waals surface area contributed by atoms with Gasteiger partial charge in [-0.05, 0) is 12.5 Å². The first-order valence-corrected chi connectivity index (χ1v) is 6.24. The van der Waals surface area contributed by atoms with Crippen LogP contribution in [0.15, 0.2) is 18.2 Å². The summed E-state index contributed by atoms with van der Waals surface area (Å²) >= 11 is 0. The van der Waals surface area contributed by atoms with E-state index in [1.54, 1.807) is 0 Å². The van der Waals surface area contributed by atoms with Gasteiger partial charge in [-0.1, -0.05) is 19.8 Å². The Hall–Kier alpha value is -2.46. The van der Waals surface area contributed by atoms with Gasteiger partial charge in [0.15, 0.2) is 0 Å². The standard InChI is InChI=1S/C13H16N4O3/c1-2-3-4-11(15)13(18)16-12-6-5-10(17(19)20)7-9(12)8-14/h5-7,11H,2-4,15H2,1H3,(H,16,18)/t11-/m0/s1. The molecule has 0 bridgehead atoms. The van der Waals surface area contributed by atoms with E-state index in [9.17, 15) is 14.9 Å². The topological polar surface area (TPSA) is 122 Å². The minimum Gasteiger partial charge on any atom is -0.324 e. The molecule has 0 aliphatic carbocycles. The van der Waals surface area contributed by atoms with Crippen LogP contribution in [0, 0.1) is 21.4 Å². The molecule has 0 aliphatic rings. The molecule has 0 spiro atoms. The van der Waals surface area contributed by atoms with Crippen molar-refractivity contribution < 1.29 is 9.72 Å². The number of nitro groups is 1. The molecule has 0 saturated heterocycles. The van der Waals surface area contributed by atoms with Gasteiger partial charge in [-0.2, -0.15) is 5.26 Å². The predicted octanol–water partition coefficient (Wildman–Crippen LogP) is 1.92. The van der Waals surface area contributed by atoms with Crippen LogP contribution in [0.25, 0.3) is 0 Å². The number of hydrogen-bond donors (Lipinski definition) is 2. The van der Waals surface area contributed by atoms with Crippen molar-refractivity contribution in [2.24, 2.45) is 5.73 Å². The molecule has 3 N–H and O–H groups in total. The van der Waals surface area contributed by atoms with Gasteiger partial charge in [-0.25, -0.2) is 0 Å². The van der Waals surface area contributed by atoms with Crippen LogP contribution in [-0.2, 0) is 4.79 Å². The van der Waals surface area contributed by atoms with Gasteiger partial charge in [-0.3, -0.25) is 14.9 Å². The van der Waals surface area contributed by atoms with Gasteiger partial charge in [-0.15, -0.1) is 0 Å². The number of unbranched alkanes of at least 4 members (excludes halogenated alkanes) is 1. The molecular formula is C13H16N4O3. The number of nitriles is 1. The number of nitrogens with two attached hydrogens (primary N) is 1. The number of amides is 1. The highest BCUT2D eigenvalue weighted by Crippen LogP contribution is 2.21. The Kier molecular flexibility index (Phi) is 5.62. The van der Waals surface area contributed by atoms with E-state index in [2.05, 4.69) is 5.32 Å². The molecular weight excluding hydrogens is 260 g/mol. The third kappa shape index (κ3) is 4.03. The van der Waals surface area contributed by atoms with Crippen LogP contribution in [-0.4, -0.2) is 16.9 Å². The Morgan fingerprint density at radius 3 is 2.85 bits per heavy atom. The van der Waals surface area contributed by atoms with Crippen LogP contribution in [0.1, 0.15) is 31.7 Å². The second kappa shape index (κ2) is 7.21. The highest BCUT2D eigenvalue weighted by Gasteiger charge is 2.16. The first kappa shape index (κ1) is 15.6. The lowest BCUT2D eigenvalue weighted by Gasteiger charge is -2.12. The van der Waals surface area contributed by atoms with Crippen molar-refractivity contribution >= 4 is 17.3 Å². The highest BCUT2D eigenvalue weighted by atomic mass is 16.6. The van der Waals surface area contributed by atoms with Gasteiger partial charge in [0, 0.05) is 12.1 Å². The van der Waals surface area contributed by atoms with Crippen molar-refractivity contribution in [3.05, 3.63) is 33.9 Å². The van der Waals surface area contributed by atoms with Crippen molar-refractivity contribution in [3.63, 3.8) is 0 Å². The fourth-order valence-corrected chi connectivity index (χ4v) is 1.63. The van der Waals surface area contributed by atoms with Gasteiger partial charge in [0.1, 0.15) is 6.07 Å². The van der Waals surface area contributed by atoms with Gasteiger partial charge >= 0.3 is 0 Å². The smallest absolute Gasteiger partial charge is 0.270 e. The van der Waals surface area contributed by atoms with Gasteiger partial charge in [0.05, 0.1) is 22.2 Å². The highest BCUT2D eigenvalue weighted by molar-refractivity contribution is 5.95. The summed E-state index contributed by atoms with van der Waals surface area (Å²) < 4.78 is 0. The molecule has 20 heavy (non-hydrogen) atoms. The molecule has 1 aromatic rings. The van der Waals surface area contributed by atoms with Gasteiger partial charge in [0.2, 0.25) is 5.91 Å². The van der Waals surface area contributed by atoms with Crippen LogP contribution in [0.5, 0.6) is 0 Å². The first-order valence-electron chi connectivity index (χ1n) is 6.24. The first-order chi connectivity index (χ1) is 9.49. The number of nitrogens with zero attached hydrogens (tertiary/aromatic N) is 2. The maximum Gasteiger partial charge on any atom is 0.270 e. The number of carbonyl (C=O) groups excluding carboxylic acids is 1. The van der Waals surface area contributed by atoms with Crippen molar-refractivity contribution in [3.8, 4) is 6.07 Å². The largest absolute Gasteiger partial charge is 0.324 e. The summed E-state index contributed by atoms with van der Waals surface area (Å²) in [6.45, 7) is 1.99. The predicted molar refractivity (Wildman–Crippen MR) is 73.9 cm³/mol. The van der Waals surface area contributed by atoms with E-state index in [-0.39, 0.29) is 16.9 Å². The molecule has 1 rings (SSSR count). The van der Waals surface area contributed by atoms with Crippen LogP contribution in [0.2, 0.25) is 0 Å². The molecule has 106 valence electrons. The molecule has 0 aromatic heterocycles. The molecule has 1 aromatic carbocycles. The summed E-state index contributed by atoms with van der Waals surface area (Å²) in [5.74, 6) is -0.399. The molecule has 1 atom stereocenters. The van der Waals surface area contributed by atoms with E-state index in [1.807, 2.05) is 13.0 Å². The Morgan fingerprint density at radius 2 is 2.30 bits per heavy atom. The second-order valence-electron chi connectivity index (χ2n) is 4.34. The lowest BCUT2D eigenvalue weighted by atomic mass is 10.1. The van der Waals surface area contributed by atoms with Crippen LogP contribution in [0.4, 0.5) is 11.4 Å². The minimum atomic E-state index is -0.656. The maximum atomic E-state index is 11.8. The zero-order valence-electron chi connectivity index (χ0n) is 11.1. The number of non-ortho nitro benzene ring substituents is 1. The van der Waals surface area contributed by atoms with E-state index in [1.165, 1.54) is 12.1 Å². The lowest BCUT2D eigenvalue weighted by Crippen LogP contribution is -2.35. The van der Waals surface area contributed by atoms with Crippen LogP contribution >= 0.6 is 0 Å². The Morgan fingerprint density at radius 1 is 1.60 bits per heavy atom. The summed E-state index contributed by atoms with van der Waals surface area (Å²) in [5, 5.41) is 22.1. The number of carbonyl (C=O) groups is 1. The quantitative estimate of drug-likeness (QED) is 0.607. The zero-order valence-corrected chi connectivity index (χ0v) is 11.1. The Labute approximate surface area is 116 Å². The third-order valence-electron chi connectivity index (χ3n) is 2.80. The average molecular weight is 276 g/mol. The maximum absolute atomic E-state index is 11.8. The van der Waals surface area contributed by atoms with E-state index >= 15 is 0 Å². The number of nitro benzene ring substituents is 1. The van der Waals surface area contributed by atoms with Crippen molar-refractivity contribution in [2.75, 3.05) is 5.32 Å². The van der Waals surface area contributed by atoms with Crippen molar-refractivity contribution in [1.29, 1.82) is 5.26 Å². The number of anilines is 1. The summed E-state index contributed by atoms with van der Waals surface area (Å²) in [6.07, 6.45) is 2.32. The molecule has 1 amide bonds. The Bertz CT molecular complexity index is 551. The SMILES string of the molecule is CCCC[C@H](N)C(=O)Nc1ccc([N+](=O)[O-])cc1C#N. The van der Waals surface area contributed by atoms with Crippen LogP contribution < -0.4 is 11.1 Å². The molecule has 0 heterocycles. The summed E-state index contributed by atoms with van der Waals surface area (Å²) in [4.78, 5) is 21.8. The number of benzene rings is 1. The van der Waals surface area contributed by atoms with E-state index < -0.39 is 16.9 Å². The summed E-state index contributed by atoms with van der Waals surface area (Å²) in [5.41, 5.74) is 5.79. The lowest BCUT2D eigenvalue weighted by molar-refractivity contribution is -0.384. The van der Waals surface area contributed by atoms with E-state index in [0.29, 0.717) is 6.42 Å². The third-order valence-corrected chi connectivity index (χ3v) is 2.80. The monoisotopic (exact) mass is 276 g/mol. The van der Waals surface area contributed by atoms with E-state index in [4.69, 9.17) is 11.0 Å². The Balaban J connectivity index is 2.85. The normalized spacial score (nSPS) is 11.4. The molecule has 7 nitrogen and oxygen atoms in total. The molecule has 0 unspecified atom stereocenters. The zero-order chi connectivity index (χ0) is 15.1. The minimum absolute atomic E-state index is 0.0373. The van der Waals surface area contributed by atoms with Crippen molar-refractivity contribution in [2.45, 2.75) is 32.2 Å². The number of hydrogen-bond acceptors (Lipinski definition) is 5. The van der Waals surface area contributed by atoms with Gasteiger partial charge < -0.3 is 11.1 Å². The fraction of sp³-hybridized carbons (Fsp3) is 0.385. The molecule has 7 heteroatoms. The fourth-order valence-electron chi connectivity index (χ4n) is 1.63. The van der Waals surface area contributed by atoms with Crippen LogP contribution in [0.3, 0.4) is 0 Å². The van der Waals surface area contributed by atoms with Crippen molar-refractivity contribution in [1.82, 2.24) is 0 Å². The average Bonchev–Trinajstić information content (AvgIpc) is 2.44.